The zero-order chi connectivity index (χ0) is 21.1. The van der Waals surface area contributed by atoms with E-state index in [1.165, 1.54) is 25.1 Å². The van der Waals surface area contributed by atoms with E-state index in [9.17, 15) is 8.42 Å². The summed E-state index contributed by atoms with van der Waals surface area (Å²) in [6.07, 6.45) is 5.12. The molecule has 4 aromatic rings. The van der Waals surface area contributed by atoms with Gasteiger partial charge in [-0.15, -0.1) is 11.8 Å². The van der Waals surface area contributed by atoms with E-state index in [2.05, 4.69) is 35.5 Å². The SMILES string of the molecule is CNS(=O)(=O)c1ccc(SC)c(Nc2cc(Nc3ccc4cn[nH]c4c3)ncn2)c1. The van der Waals surface area contributed by atoms with Crippen LogP contribution in [0, 0.1) is 0 Å². The molecule has 0 fully saturated rings. The predicted molar refractivity (Wildman–Crippen MR) is 119 cm³/mol. The second-order valence-corrected chi connectivity index (χ2v) is 9.01. The normalized spacial score (nSPS) is 11.5. The molecule has 11 heteroatoms. The van der Waals surface area contributed by atoms with Crippen LogP contribution in [-0.2, 0) is 10.0 Å². The van der Waals surface area contributed by atoms with Crippen LogP contribution in [0.15, 0.2) is 64.8 Å². The highest BCUT2D eigenvalue weighted by Gasteiger charge is 2.14. The second-order valence-electron chi connectivity index (χ2n) is 6.28. The fourth-order valence-corrected chi connectivity index (χ4v) is 4.15. The largest absolute Gasteiger partial charge is 0.340 e. The number of rotatable bonds is 7. The Balaban J connectivity index is 1.60. The molecule has 0 aliphatic rings. The van der Waals surface area contributed by atoms with Gasteiger partial charge < -0.3 is 10.6 Å². The van der Waals surface area contributed by atoms with Gasteiger partial charge in [-0.2, -0.15) is 5.10 Å². The minimum atomic E-state index is -3.55. The summed E-state index contributed by atoms with van der Waals surface area (Å²) < 4.78 is 26.6. The summed E-state index contributed by atoms with van der Waals surface area (Å²) in [5.41, 5.74) is 2.41. The maximum atomic E-state index is 12.1. The van der Waals surface area contributed by atoms with E-state index in [-0.39, 0.29) is 4.90 Å². The fourth-order valence-electron chi connectivity index (χ4n) is 2.86. The van der Waals surface area contributed by atoms with Crippen LogP contribution in [0.1, 0.15) is 0 Å². The summed E-state index contributed by atoms with van der Waals surface area (Å²) in [6, 6.07) is 12.5. The first-order valence-corrected chi connectivity index (χ1v) is 11.6. The maximum Gasteiger partial charge on any atom is 0.240 e. The molecular formula is C19H19N7O2S2. The van der Waals surface area contributed by atoms with Crippen molar-refractivity contribution < 1.29 is 8.42 Å². The first-order chi connectivity index (χ1) is 14.5. The van der Waals surface area contributed by atoms with Gasteiger partial charge in [-0.05, 0) is 49.7 Å². The number of thioether (sulfide) groups is 1. The van der Waals surface area contributed by atoms with Gasteiger partial charge in [0, 0.05) is 22.0 Å². The molecule has 2 aromatic carbocycles. The summed E-state index contributed by atoms with van der Waals surface area (Å²) in [5, 5.41) is 14.4. The smallest absolute Gasteiger partial charge is 0.240 e. The van der Waals surface area contributed by atoms with Crippen LogP contribution < -0.4 is 15.4 Å². The van der Waals surface area contributed by atoms with Gasteiger partial charge in [0.15, 0.2) is 0 Å². The number of aromatic amines is 1. The van der Waals surface area contributed by atoms with Crippen molar-refractivity contribution in [2.24, 2.45) is 0 Å². The van der Waals surface area contributed by atoms with Crippen molar-refractivity contribution in [3.63, 3.8) is 0 Å². The molecule has 0 unspecified atom stereocenters. The summed E-state index contributed by atoms with van der Waals surface area (Å²) in [5.74, 6) is 1.13. The monoisotopic (exact) mass is 441 g/mol. The maximum absolute atomic E-state index is 12.1. The average molecular weight is 442 g/mol. The van der Waals surface area contributed by atoms with Gasteiger partial charge in [-0.3, -0.25) is 5.10 Å². The molecule has 0 aliphatic heterocycles. The highest BCUT2D eigenvalue weighted by atomic mass is 32.2. The van der Waals surface area contributed by atoms with Crippen LogP contribution in [0.3, 0.4) is 0 Å². The Kier molecular flexibility index (Phi) is 5.57. The Morgan fingerprint density at radius 1 is 1.00 bits per heavy atom. The highest BCUT2D eigenvalue weighted by Crippen LogP contribution is 2.30. The standard InChI is InChI=1S/C19H19N7O2S2/c1-20-30(27,28)14-5-6-17(29-2)16(8-14)25-19-9-18(21-11-22-19)24-13-4-3-12-10-23-26-15(12)7-13/h3-11,20H,1-2H3,(H,23,26)(H2,21,22,24,25). The first-order valence-electron chi connectivity index (χ1n) is 8.89. The highest BCUT2D eigenvalue weighted by molar-refractivity contribution is 7.98. The summed E-state index contributed by atoms with van der Waals surface area (Å²) in [7, 11) is -2.17. The molecule has 0 atom stereocenters. The number of fused-ring (bicyclic) bond motifs is 1. The van der Waals surface area contributed by atoms with Crippen molar-refractivity contribution in [1.29, 1.82) is 0 Å². The molecule has 2 heterocycles. The topological polar surface area (TPSA) is 125 Å². The van der Waals surface area contributed by atoms with Crippen LogP contribution in [0.2, 0.25) is 0 Å². The summed E-state index contributed by atoms with van der Waals surface area (Å²) in [4.78, 5) is 9.57. The Hall–Kier alpha value is -3.15. The molecule has 0 radical (unpaired) electrons. The molecule has 0 bridgehead atoms. The summed E-state index contributed by atoms with van der Waals surface area (Å²) in [6.45, 7) is 0. The van der Waals surface area contributed by atoms with Crippen molar-refractivity contribution in [3.8, 4) is 0 Å². The minimum absolute atomic E-state index is 0.172. The van der Waals surface area contributed by atoms with E-state index < -0.39 is 10.0 Å². The van der Waals surface area contributed by atoms with E-state index in [0.717, 1.165) is 21.5 Å². The summed E-state index contributed by atoms with van der Waals surface area (Å²) >= 11 is 1.50. The lowest BCUT2D eigenvalue weighted by atomic mass is 10.2. The lowest BCUT2D eigenvalue weighted by Gasteiger charge is -2.13. The van der Waals surface area contributed by atoms with E-state index in [4.69, 9.17) is 0 Å². The molecule has 154 valence electrons. The zero-order valence-electron chi connectivity index (χ0n) is 16.2. The van der Waals surface area contributed by atoms with Crippen LogP contribution >= 0.6 is 11.8 Å². The van der Waals surface area contributed by atoms with Crippen molar-refractivity contribution in [3.05, 3.63) is 55.0 Å². The van der Waals surface area contributed by atoms with Crippen LogP contribution in [0.25, 0.3) is 10.9 Å². The first kappa shape index (κ1) is 20.1. The number of anilines is 4. The van der Waals surface area contributed by atoms with Gasteiger partial charge >= 0.3 is 0 Å². The lowest BCUT2D eigenvalue weighted by molar-refractivity contribution is 0.588. The average Bonchev–Trinajstić information content (AvgIpc) is 3.22. The fraction of sp³-hybridized carbons (Fsp3) is 0.105. The van der Waals surface area contributed by atoms with Gasteiger partial charge in [-0.1, -0.05) is 0 Å². The number of benzene rings is 2. The van der Waals surface area contributed by atoms with Gasteiger partial charge in [0.05, 0.1) is 22.3 Å². The van der Waals surface area contributed by atoms with Crippen molar-refractivity contribution >= 4 is 55.7 Å². The lowest BCUT2D eigenvalue weighted by Crippen LogP contribution is -2.18. The third kappa shape index (κ3) is 4.22. The van der Waals surface area contributed by atoms with Crippen LogP contribution in [0.5, 0.6) is 0 Å². The van der Waals surface area contributed by atoms with E-state index in [1.807, 2.05) is 24.5 Å². The van der Waals surface area contributed by atoms with E-state index in [0.29, 0.717) is 17.3 Å². The third-order valence-electron chi connectivity index (χ3n) is 4.39. The third-order valence-corrected chi connectivity index (χ3v) is 6.60. The van der Waals surface area contributed by atoms with Crippen molar-refractivity contribution in [2.45, 2.75) is 9.79 Å². The number of hydrogen-bond donors (Lipinski definition) is 4. The van der Waals surface area contributed by atoms with E-state index in [1.54, 1.807) is 30.5 Å². The second kappa shape index (κ2) is 8.30. The van der Waals surface area contributed by atoms with Gasteiger partial charge in [0.25, 0.3) is 0 Å². The molecule has 4 rings (SSSR count). The Bertz CT molecular complexity index is 1310. The van der Waals surface area contributed by atoms with Gasteiger partial charge in [-0.25, -0.2) is 23.1 Å². The number of nitrogens with one attached hydrogen (secondary N) is 4. The van der Waals surface area contributed by atoms with Gasteiger partial charge in [0.1, 0.15) is 18.0 Å². The van der Waals surface area contributed by atoms with Crippen LogP contribution in [-0.4, -0.2) is 41.9 Å². The predicted octanol–water partition coefficient (Wildman–Crippen LogP) is 3.47. The van der Waals surface area contributed by atoms with Crippen molar-refractivity contribution in [2.75, 3.05) is 23.9 Å². The van der Waals surface area contributed by atoms with E-state index >= 15 is 0 Å². The Labute approximate surface area is 177 Å². The molecular weight excluding hydrogens is 422 g/mol. The Morgan fingerprint density at radius 3 is 2.57 bits per heavy atom. The molecule has 0 saturated carbocycles. The number of sulfonamides is 1. The van der Waals surface area contributed by atoms with Crippen molar-refractivity contribution in [1.82, 2.24) is 24.9 Å². The Morgan fingerprint density at radius 2 is 1.80 bits per heavy atom. The quantitative estimate of drug-likeness (QED) is 0.321. The van der Waals surface area contributed by atoms with Crippen LogP contribution in [0.4, 0.5) is 23.0 Å². The number of H-pyrrole nitrogens is 1. The van der Waals surface area contributed by atoms with Gasteiger partial charge in [0.2, 0.25) is 10.0 Å². The molecule has 0 aliphatic carbocycles. The molecule has 30 heavy (non-hydrogen) atoms. The molecule has 0 amide bonds. The molecule has 0 saturated heterocycles. The molecule has 0 spiro atoms. The number of nitrogens with zero attached hydrogens (tertiary/aromatic N) is 3. The number of aromatic nitrogens is 4. The minimum Gasteiger partial charge on any atom is -0.340 e. The number of hydrogen-bond acceptors (Lipinski definition) is 8. The molecule has 4 N–H and O–H groups in total. The molecule has 9 nitrogen and oxygen atoms in total. The molecule has 2 aromatic heterocycles. The zero-order valence-corrected chi connectivity index (χ0v) is 17.8.